The molecule has 1 aliphatic rings. The normalized spacial score (nSPS) is 24.2. The molecule has 1 fully saturated rings. The Labute approximate surface area is 113 Å². The van der Waals surface area contributed by atoms with Gasteiger partial charge in [-0.2, -0.15) is 5.10 Å². The van der Waals surface area contributed by atoms with Gasteiger partial charge in [-0.3, -0.25) is 9.69 Å². The molecule has 106 valence electrons. The minimum absolute atomic E-state index is 0.193. The Morgan fingerprint density at radius 2 is 2.32 bits per heavy atom. The van der Waals surface area contributed by atoms with Crippen molar-refractivity contribution in [3.8, 4) is 0 Å². The maximum Gasteiger partial charge on any atom is 0.321 e. The van der Waals surface area contributed by atoms with E-state index in [-0.39, 0.29) is 5.92 Å². The van der Waals surface area contributed by atoms with Crippen LogP contribution in [0.3, 0.4) is 0 Å². The standard InChI is InChI=1S/C13H22N4O2/c1-9(2)6-17-11(14-8-15-17)7-16-5-4-10(3)12(16)13(18)19/h8-10,12H,4-7H2,1-3H3,(H,18,19). The summed E-state index contributed by atoms with van der Waals surface area (Å²) in [5.41, 5.74) is 0. The number of aliphatic carboxylic acids is 1. The van der Waals surface area contributed by atoms with E-state index in [1.54, 1.807) is 6.33 Å². The van der Waals surface area contributed by atoms with Crippen molar-refractivity contribution in [2.75, 3.05) is 6.54 Å². The first-order chi connectivity index (χ1) is 8.99. The largest absolute Gasteiger partial charge is 0.480 e. The summed E-state index contributed by atoms with van der Waals surface area (Å²) in [5, 5.41) is 13.5. The number of carboxylic acids is 1. The number of carbonyl (C=O) groups is 1. The van der Waals surface area contributed by atoms with Crippen LogP contribution in [0, 0.1) is 11.8 Å². The van der Waals surface area contributed by atoms with Crippen LogP contribution in [0.1, 0.15) is 33.0 Å². The van der Waals surface area contributed by atoms with Gasteiger partial charge in [0.25, 0.3) is 0 Å². The molecule has 2 rings (SSSR count). The van der Waals surface area contributed by atoms with E-state index in [9.17, 15) is 9.90 Å². The first-order valence-corrected chi connectivity index (χ1v) is 6.82. The van der Waals surface area contributed by atoms with Crippen LogP contribution in [0.2, 0.25) is 0 Å². The van der Waals surface area contributed by atoms with Crippen molar-refractivity contribution in [2.45, 2.75) is 46.3 Å². The predicted octanol–water partition coefficient (Wildman–Crippen LogP) is 1.23. The summed E-state index contributed by atoms with van der Waals surface area (Å²) in [6.07, 6.45) is 2.47. The van der Waals surface area contributed by atoms with E-state index >= 15 is 0 Å². The Morgan fingerprint density at radius 1 is 1.58 bits per heavy atom. The molecular formula is C13H22N4O2. The van der Waals surface area contributed by atoms with Gasteiger partial charge in [0.1, 0.15) is 18.2 Å². The zero-order valence-electron chi connectivity index (χ0n) is 11.8. The van der Waals surface area contributed by atoms with Gasteiger partial charge in [-0.05, 0) is 24.8 Å². The third kappa shape index (κ3) is 3.12. The van der Waals surface area contributed by atoms with E-state index in [0.717, 1.165) is 25.3 Å². The van der Waals surface area contributed by atoms with Gasteiger partial charge in [-0.1, -0.05) is 20.8 Å². The second-order valence-corrected chi connectivity index (χ2v) is 5.77. The van der Waals surface area contributed by atoms with Gasteiger partial charge in [0, 0.05) is 6.54 Å². The summed E-state index contributed by atoms with van der Waals surface area (Å²) >= 11 is 0. The summed E-state index contributed by atoms with van der Waals surface area (Å²) < 4.78 is 1.88. The molecule has 2 unspecified atom stereocenters. The highest BCUT2D eigenvalue weighted by Crippen LogP contribution is 2.25. The van der Waals surface area contributed by atoms with Crippen LogP contribution in [-0.4, -0.2) is 43.3 Å². The third-order valence-electron chi connectivity index (χ3n) is 3.64. The maximum atomic E-state index is 11.3. The Balaban J connectivity index is 2.08. The molecular weight excluding hydrogens is 244 g/mol. The van der Waals surface area contributed by atoms with Gasteiger partial charge in [-0.15, -0.1) is 0 Å². The number of rotatable bonds is 5. The maximum absolute atomic E-state index is 11.3. The van der Waals surface area contributed by atoms with Crippen LogP contribution in [0.15, 0.2) is 6.33 Å². The molecule has 6 heteroatoms. The topological polar surface area (TPSA) is 71.2 Å². The quantitative estimate of drug-likeness (QED) is 0.868. The van der Waals surface area contributed by atoms with Crippen LogP contribution in [0.5, 0.6) is 0 Å². The number of hydrogen-bond acceptors (Lipinski definition) is 4. The molecule has 0 saturated carbocycles. The molecule has 19 heavy (non-hydrogen) atoms. The summed E-state index contributed by atoms with van der Waals surface area (Å²) in [6, 6.07) is -0.399. The second kappa shape index (κ2) is 5.69. The fraction of sp³-hybridized carbons (Fsp3) is 0.769. The van der Waals surface area contributed by atoms with Crippen LogP contribution in [0.4, 0.5) is 0 Å². The molecule has 0 amide bonds. The summed E-state index contributed by atoms with van der Waals surface area (Å²) in [6.45, 7) is 8.45. The molecule has 1 aliphatic heterocycles. The Hall–Kier alpha value is -1.43. The molecule has 1 saturated heterocycles. The average molecular weight is 266 g/mol. The van der Waals surface area contributed by atoms with Gasteiger partial charge in [0.2, 0.25) is 0 Å². The van der Waals surface area contributed by atoms with Crippen LogP contribution in [-0.2, 0) is 17.9 Å². The third-order valence-corrected chi connectivity index (χ3v) is 3.64. The lowest BCUT2D eigenvalue weighted by atomic mass is 10.0. The first kappa shape index (κ1) is 14.0. The number of aromatic nitrogens is 3. The molecule has 0 aromatic carbocycles. The Kier molecular flexibility index (Phi) is 4.19. The molecule has 0 aliphatic carbocycles. The highest BCUT2D eigenvalue weighted by atomic mass is 16.4. The number of carboxylic acid groups (broad SMARTS) is 1. The van der Waals surface area contributed by atoms with Crippen molar-refractivity contribution in [3.63, 3.8) is 0 Å². The van der Waals surface area contributed by atoms with Gasteiger partial charge in [0.05, 0.1) is 6.54 Å². The van der Waals surface area contributed by atoms with Crippen molar-refractivity contribution in [1.82, 2.24) is 19.7 Å². The SMILES string of the molecule is CC(C)Cn1ncnc1CN1CCC(C)C1C(=O)O. The van der Waals surface area contributed by atoms with E-state index in [4.69, 9.17) is 0 Å². The van der Waals surface area contributed by atoms with Crippen molar-refractivity contribution in [1.29, 1.82) is 0 Å². The Bertz CT molecular complexity index is 444. The van der Waals surface area contributed by atoms with Gasteiger partial charge in [-0.25, -0.2) is 9.67 Å². The number of likely N-dealkylation sites (tertiary alicyclic amines) is 1. The number of hydrogen-bond donors (Lipinski definition) is 1. The highest BCUT2D eigenvalue weighted by Gasteiger charge is 2.37. The summed E-state index contributed by atoms with van der Waals surface area (Å²) in [7, 11) is 0. The average Bonchev–Trinajstić information content (AvgIpc) is 2.86. The van der Waals surface area contributed by atoms with Gasteiger partial charge in [0.15, 0.2) is 0 Å². The minimum Gasteiger partial charge on any atom is -0.480 e. The molecule has 0 radical (unpaired) electrons. The van der Waals surface area contributed by atoms with Crippen molar-refractivity contribution >= 4 is 5.97 Å². The van der Waals surface area contributed by atoms with Crippen molar-refractivity contribution in [3.05, 3.63) is 12.2 Å². The summed E-state index contributed by atoms with van der Waals surface area (Å²) in [4.78, 5) is 17.6. The van der Waals surface area contributed by atoms with Crippen molar-refractivity contribution in [2.24, 2.45) is 11.8 Å². The lowest BCUT2D eigenvalue weighted by Gasteiger charge is -2.22. The minimum atomic E-state index is -0.736. The molecule has 6 nitrogen and oxygen atoms in total. The van der Waals surface area contributed by atoms with Gasteiger partial charge < -0.3 is 5.11 Å². The molecule has 1 aromatic rings. The fourth-order valence-corrected chi connectivity index (χ4v) is 2.69. The molecule has 0 spiro atoms. The lowest BCUT2D eigenvalue weighted by molar-refractivity contribution is -0.143. The van der Waals surface area contributed by atoms with E-state index in [0.29, 0.717) is 12.5 Å². The smallest absolute Gasteiger partial charge is 0.321 e. The molecule has 2 atom stereocenters. The Morgan fingerprint density at radius 3 is 2.95 bits per heavy atom. The monoisotopic (exact) mass is 266 g/mol. The highest BCUT2D eigenvalue weighted by molar-refractivity contribution is 5.74. The van der Waals surface area contributed by atoms with E-state index in [2.05, 4.69) is 23.9 Å². The van der Waals surface area contributed by atoms with Crippen LogP contribution in [0.25, 0.3) is 0 Å². The van der Waals surface area contributed by atoms with Crippen molar-refractivity contribution < 1.29 is 9.90 Å². The zero-order chi connectivity index (χ0) is 14.0. The molecule has 1 N–H and O–H groups in total. The van der Waals surface area contributed by atoms with Crippen LogP contribution >= 0.6 is 0 Å². The van der Waals surface area contributed by atoms with E-state index < -0.39 is 12.0 Å². The molecule has 0 bridgehead atoms. The zero-order valence-corrected chi connectivity index (χ0v) is 11.8. The molecule has 2 heterocycles. The lowest BCUT2D eigenvalue weighted by Crippen LogP contribution is -2.39. The predicted molar refractivity (Wildman–Crippen MR) is 70.5 cm³/mol. The van der Waals surface area contributed by atoms with E-state index in [1.807, 2.05) is 16.5 Å². The molecule has 1 aromatic heterocycles. The summed E-state index contributed by atoms with van der Waals surface area (Å²) in [5.74, 6) is 0.807. The fourth-order valence-electron chi connectivity index (χ4n) is 2.69. The van der Waals surface area contributed by atoms with Gasteiger partial charge >= 0.3 is 5.97 Å². The van der Waals surface area contributed by atoms with Crippen LogP contribution < -0.4 is 0 Å². The number of nitrogens with zero attached hydrogens (tertiary/aromatic N) is 4. The second-order valence-electron chi connectivity index (χ2n) is 5.77. The van der Waals surface area contributed by atoms with E-state index in [1.165, 1.54) is 0 Å². The first-order valence-electron chi connectivity index (χ1n) is 6.82.